The second-order valence-corrected chi connectivity index (χ2v) is 6.87. The third-order valence-electron chi connectivity index (χ3n) is 5.48. The molecule has 0 bridgehead atoms. The highest BCUT2D eigenvalue weighted by atomic mass is 16.5. The van der Waals surface area contributed by atoms with Crippen LogP contribution in [0.5, 0.6) is 0 Å². The maximum absolute atomic E-state index is 12.7. The molecule has 1 saturated heterocycles. The monoisotopic (exact) mass is 313 g/mol. The van der Waals surface area contributed by atoms with E-state index < -0.39 is 5.41 Å². The molecule has 0 N–H and O–H groups in total. The largest absolute Gasteiger partial charge is 0.466 e. The molecule has 4 nitrogen and oxygen atoms in total. The van der Waals surface area contributed by atoms with E-state index in [0.717, 1.165) is 43.7 Å². The number of nitrogens with zero attached hydrogens (tertiary/aromatic N) is 1. The Morgan fingerprint density at radius 1 is 1.39 bits per heavy atom. The maximum Gasteiger partial charge on any atom is 0.313 e. The molecular weight excluding hydrogens is 290 g/mol. The average molecular weight is 313 g/mol. The summed E-state index contributed by atoms with van der Waals surface area (Å²) in [5.74, 6) is 0.885. The summed E-state index contributed by atoms with van der Waals surface area (Å²) in [6.07, 6.45) is 2.87. The Bertz CT molecular complexity index is 750. The van der Waals surface area contributed by atoms with E-state index >= 15 is 0 Å². The fourth-order valence-corrected chi connectivity index (χ4v) is 4.38. The lowest BCUT2D eigenvalue weighted by atomic mass is 9.71. The van der Waals surface area contributed by atoms with Gasteiger partial charge in [0.05, 0.1) is 18.1 Å². The van der Waals surface area contributed by atoms with Crippen molar-refractivity contribution in [2.75, 3.05) is 19.7 Å². The molecule has 122 valence electrons. The van der Waals surface area contributed by atoms with Gasteiger partial charge >= 0.3 is 5.97 Å². The fraction of sp³-hybridized carbons (Fsp3) is 0.526. The van der Waals surface area contributed by atoms with Crippen LogP contribution >= 0.6 is 0 Å². The molecule has 0 aliphatic carbocycles. The summed E-state index contributed by atoms with van der Waals surface area (Å²) in [5, 5.41) is 1.19. The van der Waals surface area contributed by atoms with Crippen molar-refractivity contribution in [3.05, 3.63) is 35.6 Å². The number of para-hydroxylation sites is 1. The highest BCUT2D eigenvalue weighted by Crippen LogP contribution is 2.51. The predicted octanol–water partition coefficient (Wildman–Crippen LogP) is 3.70. The van der Waals surface area contributed by atoms with Crippen molar-refractivity contribution >= 4 is 16.9 Å². The summed E-state index contributed by atoms with van der Waals surface area (Å²) in [6, 6.07) is 8.18. The number of hydrogen-bond donors (Lipinski definition) is 0. The molecule has 4 rings (SSSR count). The molecule has 4 heteroatoms. The van der Waals surface area contributed by atoms with E-state index in [1.807, 2.05) is 26.0 Å². The third-order valence-corrected chi connectivity index (χ3v) is 5.48. The first kappa shape index (κ1) is 14.8. The molecule has 1 aromatic heterocycles. The molecule has 2 aromatic rings. The van der Waals surface area contributed by atoms with Crippen molar-refractivity contribution in [3.63, 3.8) is 0 Å². The zero-order chi connectivity index (χ0) is 16.0. The smallest absolute Gasteiger partial charge is 0.313 e. The number of rotatable bonds is 2. The lowest BCUT2D eigenvalue weighted by Crippen LogP contribution is -2.51. The average Bonchev–Trinajstić information content (AvgIpc) is 2.93. The van der Waals surface area contributed by atoms with Gasteiger partial charge in [-0.3, -0.25) is 9.69 Å². The molecule has 0 amide bonds. The summed E-state index contributed by atoms with van der Waals surface area (Å²) >= 11 is 0. The van der Waals surface area contributed by atoms with Gasteiger partial charge in [-0.2, -0.15) is 0 Å². The minimum absolute atomic E-state index is 0.00792. The van der Waals surface area contributed by atoms with Crippen molar-refractivity contribution in [2.45, 2.75) is 39.2 Å². The van der Waals surface area contributed by atoms with Gasteiger partial charge in [-0.1, -0.05) is 18.2 Å². The Balaban J connectivity index is 1.85. The summed E-state index contributed by atoms with van der Waals surface area (Å²) in [5.41, 5.74) is 1.67. The Morgan fingerprint density at radius 2 is 2.22 bits per heavy atom. The van der Waals surface area contributed by atoms with Crippen LogP contribution in [0.25, 0.3) is 11.0 Å². The molecule has 3 heterocycles. The molecule has 2 aliphatic heterocycles. The zero-order valence-corrected chi connectivity index (χ0v) is 13.8. The normalized spacial score (nSPS) is 27.5. The first-order valence-electron chi connectivity index (χ1n) is 8.56. The van der Waals surface area contributed by atoms with Gasteiger partial charge in [-0.05, 0) is 45.7 Å². The number of carbonyl (C=O) groups excluding carboxylic acids is 1. The van der Waals surface area contributed by atoms with Gasteiger partial charge in [-0.15, -0.1) is 0 Å². The van der Waals surface area contributed by atoms with E-state index in [1.165, 1.54) is 10.9 Å². The molecule has 2 atom stereocenters. The number of furan rings is 1. The Kier molecular flexibility index (Phi) is 3.45. The van der Waals surface area contributed by atoms with Gasteiger partial charge in [0.15, 0.2) is 0 Å². The van der Waals surface area contributed by atoms with Gasteiger partial charge in [0, 0.05) is 17.5 Å². The third kappa shape index (κ3) is 2.12. The molecule has 1 aromatic carbocycles. The number of carbonyl (C=O) groups is 1. The lowest BCUT2D eigenvalue weighted by molar-refractivity contribution is -0.164. The summed E-state index contributed by atoms with van der Waals surface area (Å²) in [7, 11) is 0. The molecule has 1 fully saturated rings. The molecule has 2 unspecified atom stereocenters. The van der Waals surface area contributed by atoms with Gasteiger partial charge < -0.3 is 9.15 Å². The molecule has 0 radical (unpaired) electrons. The number of fused-ring (bicyclic) bond motifs is 5. The van der Waals surface area contributed by atoms with Crippen LogP contribution in [-0.4, -0.2) is 30.6 Å². The van der Waals surface area contributed by atoms with Crippen molar-refractivity contribution in [1.82, 2.24) is 4.90 Å². The number of benzene rings is 1. The van der Waals surface area contributed by atoms with Crippen molar-refractivity contribution in [1.29, 1.82) is 0 Å². The van der Waals surface area contributed by atoms with Crippen LogP contribution < -0.4 is 0 Å². The number of hydrogen-bond acceptors (Lipinski definition) is 4. The first-order chi connectivity index (χ1) is 11.1. The van der Waals surface area contributed by atoms with Crippen LogP contribution in [0, 0.1) is 5.41 Å². The van der Waals surface area contributed by atoms with Gasteiger partial charge in [0.2, 0.25) is 0 Å². The van der Waals surface area contributed by atoms with E-state index in [-0.39, 0.29) is 12.0 Å². The molecule has 0 saturated carbocycles. The van der Waals surface area contributed by atoms with E-state index in [4.69, 9.17) is 9.15 Å². The number of piperidine rings is 1. The van der Waals surface area contributed by atoms with Crippen LogP contribution in [0.4, 0.5) is 0 Å². The summed E-state index contributed by atoms with van der Waals surface area (Å²) in [6.45, 7) is 6.35. The standard InChI is InChI=1S/C19H23NO3/c1-3-22-18(21)19(2)10-6-11-20-12-9-14-13-7-4-5-8-15(13)23-16(14)17(19)20/h4-5,7-8,17H,3,6,9-12H2,1-2H3. The summed E-state index contributed by atoms with van der Waals surface area (Å²) in [4.78, 5) is 15.1. The van der Waals surface area contributed by atoms with E-state index in [1.54, 1.807) is 0 Å². The van der Waals surface area contributed by atoms with Gasteiger partial charge in [0.25, 0.3) is 0 Å². The highest BCUT2D eigenvalue weighted by Gasteiger charge is 2.52. The van der Waals surface area contributed by atoms with Crippen LogP contribution in [0.3, 0.4) is 0 Å². The second kappa shape index (κ2) is 5.38. The molecule has 2 aliphatic rings. The van der Waals surface area contributed by atoms with Gasteiger partial charge in [-0.25, -0.2) is 0 Å². The predicted molar refractivity (Wildman–Crippen MR) is 88.2 cm³/mol. The van der Waals surface area contributed by atoms with E-state index in [9.17, 15) is 4.79 Å². The molecule has 23 heavy (non-hydrogen) atoms. The topological polar surface area (TPSA) is 42.7 Å². The fourth-order valence-electron chi connectivity index (χ4n) is 4.38. The van der Waals surface area contributed by atoms with Crippen LogP contribution in [-0.2, 0) is 16.0 Å². The highest BCUT2D eigenvalue weighted by molar-refractivity contribution is 5.84. The SMILES string of the molecule is CCOC(=O)C1(C)CCCN2CCc3c(oc4ccccc34)C21. The van der Waals surface area contributed by atoms with Crippen molar-refractivity contribution in [3.8, 4) is 0 Å². The number of ether oxygens (including phenoxy) is 1. The Hall–Kier alpha value is -1.81. The van der Waals surface area contributed by atoms with Crippen LogP contribution in [0.2, 0.25) is 0 Å². The minimum atomic E-state index is -0.530. The molecule has 0 spiro atoms. The maximum atomic E-state index is 12.7. The second-order valence-electron chi connectivity index (χ2n) is 6.87. The lowest BCUT2D eigenvalue weighted by Gasteiger charge is -2.47. The minimum Gasteiger partial charge on any atom is -0.466 e. The van der Waals surface area contributed by atoms with Crippen LogP contribution in [0.15, 0.2) is 28.7 Å². The van der Waals surface area contributed by atoms with Crippen LogP contribution in [0.1, 0.15) is 44.1 Å². The Labute approximate surface area is 136 Å². The zero-order valence-electron chi connectivity index (χ0n) is 13.8. The number of esters is 1. The Morgan fingerprint density at radius 3 is 3.04 bits per heavy atom. The first-order valence-corrected chi connectivity index (χ1v) is 8.56. The van der Waals surface area contributed by atoms with E-state index in [0.29, 0.717) is 6.61 Å². The van der Waals surface area contributed by atoms with E-state index in [2.05, 4.69) is 17.0 Å². The quantitative estimate of drug-likeness (QED) is 0.793. The van der Waals surface area contributed by atoms with Crippen molar-refractivity contribution < 1.29 is 13.9 Å². The van der Waals surface area contributed by atoms with Crippen molar-refractivity contribution in [2.24, 2.45) is 5.41 Å². The summed E-state index contributed by atoms with van der Waals surface area (Å²) < 4.78 is 11.6. The molecular formula is C19H23NO3. The van der Waals surface area contributed by atoms with Gasteiger partial charge in [0.1, 0.15) is 11.3 Å².